The number of rotatable bonds is 4. The van der Waals surface area contributed by atoms with Crippen LogP contribution in [0.3, 0.4) is 0 Å². The lowest BCUT2D eigenvalue weighted by Gasteiger charge is -2.11. The fourth-order valence-corrected chi connectivity index (χ4v) is 2.01. The van der Waals surface area contributed by atoms with E-state index in [0.717, 1.165) is 0 Å². The van der Waals surface area contributed by atoms with Gasteiger partial charge in [0.05, 0.1) is 6.61 Å². The third kappa shape index (κ3) is 2.81. The van der Waals surface area contributed by atoms with Crippen molar-refractivity contribution in [3.8, 4) is 11.5 Å². The van der Waals surface area contributed by atoms with E-state index in [2.05, 4.69) is 4.74 Å². The molecule has 0 aliphatic carbocycles. The highest BCUT2D eigenvalue weighted by atomic mass is 32.2. The Balaban J connectivity index is 3.78. The molecule has 0 heterocycles. The Morgan fingerprint density at radius 1 is 1.25 bits per heavy atom. The van der Waals surface area contributed by atoms with Crippen LogP contribution in [0.2, 0.25) is 0 Å². The van der Waals surface area contributed by atoms with Gasteiger partial charge in [-0.25, -0.2) is 9.59 Å². The number of carboxylic acids is 1. The molecule has 0 radical (unpaired) electrons. The van der Waals surface area contributed by atoms with Crippen LogP contribution in [0.4, 0.5) is 0 Å². The van der Waals surface area contributed by atoms with Crippen molar-refractivity contribution in [1.82, 2.24) is 0 Å². The molecule has 1 rings (SSSR count). The Labute approximate surface area is 112 Å². The lowest BCUT2D eigenvalue weighted by atomic mass is 10.1. The van der Waals surface area contributed by atoms with Crippen molar-refractivity contribution in [1.29, 1.82) is 0 Å². The molecule has 4 N–H and O–H groups in total. The van der Waals surface area contributed by atoms with Gasteiger partial charge in [0.2, 0.25) is 0 Å². The zero-order chi connectivity index (χ0) is 15.7. The van der Waals surface area contributed by atoms with E-state index >= 15 is 0 Å². The summed E-state index contributed by atoms with van der Waals surface area (Å²) in [6.07, 6.45) is 0. The van der Waals surface area contributed by atoms with Crippen LogP contribution in [0, 0.1) is 0 Å². The number of esters is 1. The summed E-state index contributed by atoms with van der Waals surface area (Å²) < 4.78 is 35.4. The van der Waals surface area contributed by atoms with Gasteiger partial charge in [-0.3, -0.25) is 4.55 Å². The summed E-state index contributed by atoms with van der Waals surface area (Å²) in [5.74, 6) is -5.57. The summed E-state index contributed by atoms with van der Waals surface area (Å²) in [5.41, 5.74) is -2.04. The first-order valence-corrected chi connectivity index (χ1v) is 6.52. The molecule has 110 valence electrons. The number of phenols is 2. The number of benzene rings is 1. The van der Waals surface area contributed by atoms with Crippen LogP contribution in [0.15, 0.2) is 11.0 Å². The van der Waals surface area contributed by atoms with Gasteiger partial charge >= 0.3 is 11.9 Å². The Morgan fingerprint density at radius 2 is 1.80 bits per heavy atom. The standard InChI is InChI=1S/C10H10O9S/c1-2-19-10(15)6-7(11)4(9(13)14)3-5(8(6)12)20(16,17)18/h3,11-12H,2H2,1H3,(H,13,14)(H,16,17,18). The van der Waals surface area contributed by atoms with Crippen LogP contribution >= 0.6 is 0 Å². The van der Waals surface area contributed by atoms with Gasteiger partial charge in [-0.1, -0.05) is 0 Å². The maximum Gasteiger partial charge on any atom is 0.345 e. The Kier molecular flexibility index (Phi) is 4.20. The number of carbonyl (C=O) groups is 2. The van der Waals surface area contributed by atoms with Gasteiger partial charge in [-0.2, -0.15) is 8.42 Å². The molecule has 0 fully saturated rings. The molecule has 1 aromatic carbocycles. The Hall–Kier alpha value is -2.33. The summed E-state index contributed by atoms with van der Waals surface area (Å²) in [6.45, 7) is 1.23. The summed E-state index contributed by atoms with van der Waals surface area (Å²) in [5, 5.41) is 28.0. The average molecular weight is 306 g/mol. The lowest BCUT2D eigenvalue weighted by Crippen LogP contribution is -2.11. The number of hydrogen-bond donors (Lipinski definition) is 4. The molecule has 0 atom stereocenters. The van der Waals surface area contributed by atoms with Crippen molar-refractivity contribution >= 4 is 22.1 Å². The maximum absolute atomic E-state index is 11.5. The summed E-state index contributed by atoms with van der Waals surface area (Å²) in [7, 11) is -5.01. The number of phenolic OH excluding ortho intramolecular Hbond substituents is 1. The molecule has 0 amide bonds. The quantitative estimate of drug-likeness (QED) is 0.450. The third-order valence-electron chi connectivity index (χ3n) is 2.23. The number of ether oxygens (including phenoxy) is 1. The number of hydrogen-bond acceptors (Lipinski definition) is 7. The fourth-order valence-electron chi connectivity index (χ4n) is 1.39. The minimum absolute atomic E-state index is 0.170. The highest BCUT2D eigenvalue weighted by Crippen LogP contribution is 2.37. The molecule has 20 heavy (non-hydrogen) atoms. The van der Waals surface area contributed by atoms with Crippen LogP contribution < -0.4 is 0 Å². The van der Waals surface area contributed by atoms with Gasteiger partial charge in [0, 0.05) is 0 Å². The fraction of sp³-hybridized carbons (Fsp3) is 0.200. The first kappa shape index (κ1) is 15.7. The maximum atomic E-state index is 11.5. The SMILES string of the molecule is CCOC(=O)c1c(O)c(C(=O)O)cc(S(=O)(=O)O)c1O. The van der Waals surface area contributed by atoms with Crippen LogP contribution in [0.5, 0.6) is 11.5 Å². The van der Waals surface area contributed by atoms with E-state index in [1.165, 1.54) is 6.92 Å². The van der Waals surface area contributed by atoms with E-state index in [9.17, 15) is 28.2 Å². The molecular weight excluding hydrogens is 296 g/mol. The minimum atomic E-state index is -5.01. The highest BCUT2D eigenvalue weighted by molar-refractivity contribution is 7.86. The van der Waals surface area contributed by atoms with Gasteiger partial charge in [0.25, 0.3) is 10.1 Å². The predicted octanol–water partition coefficient (Wildman–Crippen LogP) is 0.219. The van der Waals surface area contributed by atoms with Gasteiger partial charge < -0.3 is 20.1 Å². The molecule has 0 bridgehead atoms. The van der Waals surface area contributed by atoms with Crippen LogP contribution in [-0.4, -0.2) is 46.8 Å². The summed E-state index contributed by atoms with van der Waals surface area (Å²) >= 11 is 0. The zero-order valence-electron chi connectivity index (χ0n) is 10.0. The molecule has 9 nitrogen and oxygen atoms in total. The van der Waals surface area contributed by atoms with Crippen molar-refractivity contribution in [3.05, 3.63) is 17.2 Å². The minimum Gasteiger partial charge on any atom is -0.506 e. The van der Waals surface area contributed by atoms with E-state index in [4.69, 9.17) is 9.66 Å². The predicted molar refractivity (Wildman–Crippen MR) is 62.5 cm³/mol. The van der Waals surface area contributed by atoms with E-state index in [1.807, 2.05) is 0 Å². The molecule has 0 aliphatic heterocycles. The van der Waals surface area contributed by atoms with Gasteiger partial charge in [-0.15, -0.1) is 0 Å². The Morgan fingerprint density at radius 3 is 2.20 bits per heavy atom. The van der Waals surface area contributed by atoms with Crippen LogP contribution in [0.25, 0.3) is 0 Å². The zero-order valence-corrected chi connectivity index (χ0v) is 10.8. The normalized spacial score (nSPS) is 11.1. The number of carbonyl (C=O) groups excluding carboxylic acids is 1. The molecule has 0 aliphatic rings. The molecule has 0 aromatic heterocycles. The van der Waals surface area contributed by atoms with Gasteiger partial charge in [-0.05, 0) is 13.0 Å². The summed E-state index contributed by atoms with van der Waals surface area (Å²) in [6, 6.07) is 0.324. The molecular formula is C10H10O9S. The molecule has 0 saturated carbocycles. The monoisotopic (exact) mass is 306 g/mol. The third-order valence-corrected chi connectivity index (χ3v) is 3.09. The lowest BCUT2D eigenvalue weighted by molar-refractivity contribution is 0.0519. The Bertz CT molecular complexity index is 674. The molecule has 0 unspecified atom stereocenters. The smallest absolute Gasteiger partial charge is 0.345 e. The van der Waals surface area contributed by atoms with E-state index in [1.54, 1.807) is 0 Å². The van der Waals surface area contributed by atoms with Crippen LogP contribution in [-0.2, 0) is 14.9 Å². The van der Waals surface area contributed by atoms with E-state index < -0.39 is 49.6 Å². The van der Waals surface area contributed by atoms with Crippen molar-refractivity contribution in [3.63, 3.8) is 0 Å². The largest absolute Gasteiger partial charge is 0.506 e. The van der Waals surface area contributed by atoms with E-state index in [-0.39, 0.29) is 6.61 Å². The first-order valence-electron chi connectivity index (χ1n) is 5.08. The number of aromatic carboxylic acids is 1. The first-order chi connectivity index (χ1) is 9.11. The highest BCUT2D eigenvalue weighted by Gasteiger charge is 2.30. The van der Waals surface area contributed by atoms with Gasteiger partial charge in [0.1, 0.15) is 21.8 Å². The topological polar surface area (TPSA) is 158 Å². The second kappa shape index (κ2) is 5.35. The average Bonchev–Trinajstić information content (AvgIpc) is 2.26. The number of carboxylic acid groups (broad SMARTS) is 1. The van der Waals surface area contributed by atoms with E-state index in [0.29, 0.717) is 6.07 Å². The molecule has 0 spiro atoms. The summed E-state index contributed by atoms with van der Waals surface area (Å²) in [4.78, 5) is 21.2. The van der Waals surface area contributed by atoms with Crippen LogP contribution in [0.1, 0.15) is 27.6 Å². The van der Waals surface area contributed by atoms with Gasteiger partial charge in [0.15, 0.2) is 5.75 Å². The molecule has 0 saturated heterocycles. The van der Waals surface area contributed by atoms with Crippen molar-refractivity contribution in [2.75, 3.05) is 6.61 Å². The molecule has 1 aromatic rings. The number of aromatic hydroxyl groups is 2. The second-order valence-corrected chi connectivity index (χ2v) is 4.89. The second-order valence-electron chi connectivity index (χ2n) is 3.50. The van der Waals surface area contributed by atoms with Crippen molar-refractivity contribution in [2.24, 2.45) is 0 Å². The molecule has 10 heteroatoms. The van der Waals surface area contributed by atoms with Crippen molar-refractivity contribution in [2.45, 2.75) is 11.8 Å². The van der Waals surface area contributed by atoms with Crippen molar-refractivity contribution < 1.29 is 42.6 Å².